The van der Waals surface area contributed by atoms with Gasteiger partial charge in [-0.1, -0.05) is 41.9 Å². The number of aryl methyl sites for hydroxylation is 2. The van der Waals surface area contributed by atoms with Crippen LogP contribution >= 0.6 is 11.6 Å². The summed E-state index contributed by atoms with van der Waals surface area (Å²) in [6.07, 6.45) is 0. The average Bonchev–Trinajstić information content (AvgIpc) is 3.30. The monoisotopic (exact) mass is 421 g/mol. The molecular weight excluding hydrogens is 402 g/mol. The molecule has 1 aliphatic rings. The molecule has 0 spiro atoms. The van der Waals surface area contributed by atoms with Gasteiger partial charge in [-0.2, -0.15) is 4.98 Å². The zero-order chi connectivity index (χ0) is 21.0. The van der Waals surface area contributed by atoms with Crippen molar-refractivity contribution in [3.8, 4) is 0 Å². The molecule has 1 aliphatic heterocycles. The van der Waals surface area contributed by atoms with Gasteiger partial charge >= 0.3 is 5.69 Å². The van der Waals surface area contributed by atoms with Gasteiger partial charge in [-0.25, -0.2) is 4.79 Å². The van der Waals surface area contributed by atoms with Crippen molar-refractivity contribution in [2.75, 3.05) is 11.4 Å². The van der Waals surface area contributed by atoms with Gasteiger partial charge in [0, 0.05) is 30.8 Å². The van der Waals surface area contributed by atoms with E-state index in [1.807, 2.05) is 64.9 Å². The normalized spacial score (nSPS) is 13.2. The lowest BCUT2D eigenvalue weighted by atomic mass is 10.1. The van der Waals surface area contributed by atoms with Crippen molar-refractivity contribution >= 4 is 34.4 Å². The highest BCUT2D eigenvalue weighted by molar-refractivity contribution is 6.30. The van der Waals surface area contributed by atoms with Crippen molar-refractivity contribution in [3.63, 3.8) is 0 Å². The number of halogens is 1. The van der Waals surface area contributed by atoms with Crippen LogP contribution in [0.25, 0.3) is 11.2 Å². The Hall–Kier alpha value is -3.32. The van der Waals surface area contributed by atoms with Gasteiger partial charge in [0.2, 0.25) is 5.95 Å². The Morgan fingerprint density at radius 3 is 2.63 bits per heavy atom. The first-order valence-corrected chi connectivity index (χ1v) is 10.1. The van der Waals surface area contributed by atoms with E-state index in [2.05, 4.69) is 4.98 Å². The fraction of sp³-hybridized carbons (Fsp3) is 0.227. The summed E-state index contributed by atoms with van der Waals surface area (Å²) in [7, 11) is 1.66. The van der Waals surface area contributed by atoms with Gasteiger partial charge in [0.05, 0.1) is 6.54 Å². The second-order valence-electron chi connectivity index (χ2n) is 7.53. The average molecular weight is 422 g/mol. The Bertz CT molecular complexity index is 1420. The minimum absolute atomic E-state index is 0.229. The SMILES string of the molecule is Cc1ccccc1Cn1c(=O)c2c(nc3n2CCN3c2cccc(Cl)c2)n(C)c1=O. The van der Waals surface area contributed by atoms with Crippen LogP contribution in [0, 0.1) is 6.92 Å². The molecule has 30 heavy (non-hydrogen) atoms. The number of fused-ring (bicyclic) bond motifs is 3. The molecule has 2 aromatic heterocycles. The van der Waals surface area contributed by atoms with Crippen LogP contribution in [0.4, 0.5) is 11.6 Å². The molecule has 2 aromatic carbocycles. The fourth-order valence-electron chi connectivity index (χ4n) is 4.06. The number of anilines is 2. The van der Waals surface area contributed by atoms with E-state index in [1.165, 1.54) is 9.13 Å². The first-order chi connectivity index (χ1) is 14.5. The molecule has 0 unspecified atom stereocenters. The Morgan fingerprint density at radius 1 is 1.07 bits per heavy atom. The van der Waals surface area contributed by atoms with E-state index in [-0.39, 0.29) is 17.8 Å². The Kier molecular flexibility index (Phi) is 4.29. The predicted octanol–water partition coefficient (Wildman–Crippen LogP) is 3.06. The van der Waals surface area contributed by atoms with Gasteiger partial charge in [-0.3, -0.25) is 13.9 Å². The van der Waals surface area contributed by atoms with Crippen LogP contribution in [-0.2, 0) is 20.1 Å². The van der Waals surface area contributed by atoms with E-state index >= 15 is 0 Å². The van der Waals surface area contributed by atoms with Crippen LogP contribution in [0.1, 0.15) is 11.1 Å². The molecular formula is C22H20ClN5O2. The molecule has 5 rings (SSSR count). The van der Waals surface area contributed by atoms with Gasteiger partial charge in [-0.15, -0.1) is 0 Å². The molecule has 0 amide bonds. The van der Waals surface area contributed by atoms with E-state index in [1.54, 1.807) is 7.05 Å². The minimum Gasteiger partial charge on any atom is -0.310 e. The number of benzene rings is 2. The Labute approximate surface area is 177 Å². The smallest absolute Gasteiger partial charge is 0.310 e. The third kappa shape index (κ3) is 2.77. The third-order valence-electron chi connectivity index (χ3n) is 5.71. The summed E-state index contributed by atoms with van der Waals surface area (Å²) in [5.41, 5.74) is 3.04. The van der Waals surface area contributed by atoms with E-state index in [9.17, 15) is 9.59 Å². The van der Waals surface area contributed by atoms with Crippen molar-refractivity contribution in [3.05, 3.63) is 85.5 Å². The van der Waals surface area contributed by atoms with Crippen molar-refractivity contribution in [2.45, 2.75) is 20.0 Å². The maximum atomic E-state index is 13.4. The maximum Gasteiger partial charge on any atom is 0.332 e. The lowest BCUT2D eigenvalue weighted by Crippen LogP contribution is -2.40. The zero-order valence-electron chi connectivity index (χ0n) is 16.7. The maximum absolute atomic E-state index is 13.4. The highest BCUT2D eigenvalue weighted by Gasteiger charge is 2.28. The molecule has 0 aliphatic carbocycles. The second-order valence-corrected chi connectivity index (χ2v) is 7.96. The molecule has 0 fully saturated rings. The zero-order valence-corrected chi connectivity index (χ0v) is 17.4. The molecule has 8 heteroatoms. The molecule has 0 saturated carbocycles. The van der Waals surface area contributed by atoms with Crippen LogP contribution < -0.4 is 16.1 Å². The van der Waals surface area contributed by atoms with Gasteiger partial charge in [0.15, 0.2) is 11.2 Å². The lowest BCUT2D eigenvalue weighted by molar-refractivity contribution is 0.650. The van der Waals surface area contributed by atoms with E-state index < -0.39 is 0 Å². The van der Waals surface area contributed by atoms with Gasteiger partial charge < -0.3 is 9.47 Å². The van der Waals surface area contributed by atoms with Crippen LogP contribution in [0.5, 0.6) is 0 Å². The molecule has 0 saturated heterocycles. The van der Waals surface area contributed by atoms with Crippen molar-refractivity contribution in [1.82, 2.24) is 18.7 Å². The number of rotatable bonds is 3. The van der Waals surface area contributed by atoms with E-state index in [0.29, 0.717) is 35.2 Å². The highest BCUT2D eigenvalue weighted by atomic mass is 35.5. The quantitative estimate of drug-likeness (QED) is 0.510. The summed E-state index contributed by atoms with van der Waals surface area (Å²) in [6, 6.07) is 15.3. The predicted molar refractivity (Wildman–Crippen MR) is 118 cm³/mol. The highest BCUT2D eigenvalue weighted by Crippen LogP contribution is 2.32. The summed E-state index contributed by atoms with van der Waals surface area (Å²) < 4.78 is 4.64. The van der Waals surface area contributed by atoms with Gasteiger partial charge in [-0.05, 0) is 36.2 Å². The van der Waals surface area contributed by atoms with E-state index in [4.69, 9.17) is 11.6 Å². The van der Waals surface area contributed by atoms with Crippen LogP contribution in [0.15, 0.2) is 58.1 Å². The Balaban J connectivity index is 1.70. The number of nitrogens with zero attached hydrogens (tertiary/aromatic N) is 5. The van der Waals surface area contributed by atoms with Crippen LogP contribution in [0.2, 0.25) is 5.02 Å². The molecule has 0 N–H and O–H groups in total. The number of hydrogen-bond acceptors (Lipinski definition) is 4. The molecule has 7 nitrogen and oxygen atoms in total. The number of hydrogen-bond donors (Lipinski definition) is 0. The first kappa shape index (κ1) is 18.7. The molecule has 0 bridgehead atoms. The molecule has 3 heterocycles. The summed E-state index contributed by atoms with van der Waals surface area (Å²) in [5, 5.41) is 0.634. The van der Waals surface area contributed by atoms with Crippen molar-refractivity contribution in [2.24, 2.45) is 7.05 Å². The summed E-state index contributed by atoms with van der Waals surface area (Å²) >= 11 is 6.16. The van der Waals surface area contributed by atoms with Crippen molar-refractivity contribution in [1.29, 1.82) is 0 Å². The van der Waals surface area contributed by atoms with E-state index in [0.717, 1.165) is 16.8 Å². The fourth-order valence-corrected chi connectivity index (χ4v) is 4.25. The largest absolute Gasteiger partial charge is 0.332 e. The van der Waals surface area contributed by atoms with Crippen LogP contribution in [0.3, 0.4) is 0 Å². The summed E-state index contributed by atoms with van der Waals surface area (Å²) in [6.45, 7) is 3.49. The lowest BCUT2D eigenvalue weighted by Gasteiger charge is -2.16. The second kappa shape index (κ2) is 6.88. The molecule has 152 valence electrons. The van der Waals surface area contributed by atoms with Gasteiger partial charge in [0.1, 0.15) is 0 Å². The first-order valence-electron chi connectivity index (χ1n) is 9.73. The molecule has 0 radical (unpaired) electrons. The summed E-state index contributed by atoms with van der Waals surface area (Å²) in [4.78, 5) is 33.1. The summed E-state index contributed by atoms with van der Waals surface area (Å²) in [5.74, 6) is 0.646. The Morgan fingerprint density at radius 2 is 1.87 bits per heavy atom. The molecule has 4 aromatic rings. The van der Waals surface area contributed by atoms with Crippen LogP contribution in [-0.4, -0.2) is 25.2 Å². The van der Waals surface area contributed by atoms with Crippen molar-refractivity contribution < 1.29 is 0 Å². The number of imidazole rings is 1. The topological polar surface area (TPSA) is 65.1 Å². The standard InChI is InChI=1S/C22H20ClN5O2/c1-14-6-3-4-7-15(14)13-28-20(29)18-19(25(2)22(28)30)24-21-26(10-11-27(18)21)17-9-5-8-16(23)12-17/h3-9,12H,10-11,13H2,1-2H3. The molecule has 0 atom stereocenters. The third-order valence-corrected chi connectivity index (χ3v) is 5.95. The minimum atomic E-state index is -0.373. The van der Waals surface area contributed by atoms with Gasteiger partial charge in [0.25, 0.3) is 5.56 Å². The number of aromatic nitrogens is 4.